The minimum atomic E-state index is -0.0761. The Morgan fingerprint density at radius 1 is 0.276 bits per heavy atom. The molecule has 76 heavy (non-hydrogen) atoms. The summed E-state index contributed by atoms with van der Waals surface area (Å²) in [6.07, 6.45) is 0. The van der Waals surface area contributed by atoms with Crippen LogP contribution in [0.25, 0.3) is 98.4 Å². The topological polar surface area (TPSA) is 15.3 Å². The van der Waals surface area contributed by atoms with Gasteiger partial charge in [0.15, 0.2) is 0 Å². The molecule has 2 aliphatic rings. The summed E-state index contributed by atoms with van der Waals surface area (Å²) in [4.78, 5) is 4.98. The van der Waals surface area contributed by atoms with Gasteiger partial charge < -0.3 is 18.6 Å². The molecule has 4 heteroatoms. The number of rotatable bonds is 6. The molecule has 0 unspecified atom stereocenters. The maximum Gasteiger partial charge on any atom is 0.0641 e. The van der Waals surface area contributed by atoms with Gasteiger partial charge in [-0.25, -0.2) is 0 Å². The van der Waals surface area contributed by atoms with E-state index in [4.69, 9.17) is 0 Å². The third-order valence-corrected chi connectivity index (χ3v) is 17.9. The summed E-state index contributed by atoms with van der Waals surface area (Å²) in [5, 5.41) is 10.0. The largest absolute Gasteiger partial charge is 0.310 e. The Balaban J connectivity index is 0.910. The van der Waals surface area contributed by atoms with E-state index in [1.165, 1.54) is 132 Å². The van der Waals surface area contributed by atoms with Crippen molar-refractivity contribution in [3.63, 3.8) is 0 Å². The lowest BCUT2D eigenvalue weighted by Crippen LogP contribution is -2.15. The molecule has 0 fully saturated rings. The standard InChI is InChI=1S/C72H50N4/c1-71(2)57-27-15-11-23-47(57)53-39-45(31-35-59(53)71)73(43-19-7-5-8-20-43)63-37-33-49-55-41-66-56(42-65(55)75-61-29-17-13-25-51(61)67(63)69(49)75)50-34-38-64(68-52-26-14-18-30-62(52)76(66)70(50)68)74(44-21-9-6-10-22-44)46-32-36-60-54(40-46)48-24-12-16-28-58(48)72(60,3)4/h5-42H,1-4H3. The van der Waals surface area contributed by atoms with Crippen molar-refractivity contribution < 1.29 is 0 Å². The van der Waals surface area contributed by atoms with Gasteiger partial charge in [0.25, 0.3) is 0 Å². The Morgan fingerprint density at radius 3 is 1.11 bits per heavy atom. The first-order valence-electron chi connectivity index (χ1n) is 26.8. The zero-order valence-corrected chi connectivity index (χ0v) is 42.7. The highest BCUT2D eigenvalue weighted by atomic mass is 15.2. The van der Waals surface area contributed by atoms with Crippen LogP contribution in [0.15, 0.2) is 231 Å². The summed E-state index contributed by atoms with van der Waals surface area (Å²) in [6.45, 7) is 9.44. The average Bonchev–Trinajstić information content (AvgIpc) is 4.33. The molecule has 0 saturated carbocycles. The molecule has 0 bridgehead atoms. The molecule has 0 radical (unpaired) electrons. The maximum atomic E-state index is 2.56. The van der Waals surface area contributed by atoms with Crippen molar-refractivity contribution in [1.29, 1.82) is 0 Å². The second kappa shape index (κ2) is 14.7. The van der Waals surface area contributed by atoms with Crippen LogP contribution in [-0.4, -0.2) is 8.80 Å². The molecule has 4 nitrogen and oxygen atoms in total. The summed E-state index contributed by atoms with van der Waals surface area (Å²) in [5.74, 6) is 0. The molecule has 11 aromatic carbocycles. The first-order chi connectivity index (χ1) is 37.3. The van der Waals surface area contributed by atoms with Crippen molar-refractivity contribution in [3.05, 3.63) is 253 Å². The third kappa shape index (κ3) is 5.28. The summed E-state index contributed by atoms with van der Waals surface area (Å²) in [6, 6.07) is 86.7. The normalized spacial score (nSPS) is 14.3. The monoisotopic (exact) mass is 970 g/mol. The lowest BCUT2D eigenvalue weighted by atomic mass is 9.82. The molecular formula is C72H50N4. The summed E-state index contributed by atoms with van der Waals surface area (Å²) in [5.41, 5.74) is 24.9. The van der Waals surface area contributed by atoms with Crippen LogP contribution >= 0.6 is 0 Å². The van der Waals surface area contributed by atoms with E-state index < -0.39 is 0 Å². The Morgan fingerprint density at radius 2 is 0.658 bits per heavy atom. The molecule has 0 amide bonds. The number of fused-ring (bicyclic) bond motifs is 18. The van der Waals surface area contributed by atoms with Gasteiger partial charge in [0.2, 0.25) is 0 Å². The zero-order valence-electron chi connectivity index (χ0n) is 42.7. The highest BCUT2D eigenvalue weighted by Crippen LogP contribution is 2.55. The summed E-state index contributed by atoms with van der Waals surface area (Å²) >= 11 is 0. The fourth-order valence-electron chi connectivity index (χ4n) is 14.5. The van der Waals surface area contributed by atoms with E-state index in [0.717, 1.165) is 22.7 Å². The molecule has 0 spiro atoms. The number of benzene rings is 11. The smallest absolute Gasteiger partial charge is 0.0641 e. The Labute approximate surface area is 440 Å². The van der Waals surface area contributed by atoms with Crippen molar-refractivity contribution in [2.75, 3.05) is 9.80 Å². The number of nitrogens with zero attached hydrogens (tertiary/aromatic N) is 4. The van der Waals surface area contributed by atoms with Gasteiger partial charge in [0.1, 0.15) is 0 Å². The number of anilines is 6. The van der Waals surface area contributed by atoms with E-state index in [1.807, 2.05) is 0 Å². The number of para-hydroxylation sites is 4. The highest BCUT2D eigenvalue weighted by Gasteiger charge is 2.38. The first-order valence-corrected chi connectivity index (χ1v) is 26.8. The summed E-state index contributed by atoms with van der Waals surface area (Å²) < 4.78 is 5.12. The van der Waals surface area contributed by atoms with Crippen LogP contribution in [0.4, 0.5) is 34.1 Å². The molecule has 0 N–H and O–H groups in total. The van der Waals surface area contributed by atoms with Crippen LogP contribution in [0.1, 0.15) is 49.9 Å². The van der Waals surface area contributed by atoms with Crippen LogP contribution in [0, 0.1) is 0 Å². The van der Waals surface area contributed by atoms with Gasteiger partial charge in [-0.15, -0.1) is 0 Å². The van der Waals surface area contributed by atoms with E-state index in [2.05, 4.69) is 277 Å². The molecule has 4 aromatic heterocycles. The Bertz CT molecular complexity index is 4620. The average molecular weight is 971 g/mol. The van der Waals surface area contributed by atoms with E-state index in [-0.39, 0.29) is 10.8 Å². The molecule has 0 saturated heterocycles. The van der Waals surface area contributed by atoms with Crippen LogP contribution in [-0.2, 0) is 10.8 Å². The molecule has 2 aliphatic carbocycles. The third-order valence-electron chi connectivity index (χ3n) is 17.9. The number of hydrogen-bond donors (Lipinski definition) is 0. The minimum Gasteiger partial charge on any atom is -0.310 e. The van der Waals surface area contributed by atoms with Crippen molar-refractivity contribution in [3.8, 4) is 22.3 Å². The molecule has 17 rings (SSSR count). The van der Waals surface area contributed by atoms with Gasteiger partial charge in [0.05, 0.1) is 44.5 Å². The van der Waals surface area contributed by atoms with Crippen LogP contribution in [0.3, 0.4) is 0 Å². The van der Waals surface area contributed by atoms with Crippen molar-refractivity contribution in [1.82, 2.24) is 8.80 Å². The van der Waals surface area contributed by atoms with E-state index in [0.29, 0.717) is 0 Å². The second-order valence-electron chi connectivity index (χ2n) is 22.4. The minimum absolute atomic E-state index is 0.0761. The highest BCUT2D eigenvalue weighted by molar-refractivity contribution is 6.32. The second-order valence-corrected chi connectivity index (χ2v) is 22.4. The van der Waals surface area contributed by atoms with Crippen molar-refractivity contribution in [2.24, 2.45) is 0 Å². The van der Waals surface area contributed by atoms with Crippen LogP contribution in [0.5, 0.6) is 0 Å². The van der Waals surface area contributed by atoms with Gasteiger partial charge in [-0.05, 0) is 129 Å². The Kier molecular flexibility index (Phi) is 8.12. The molecular weight excluding hydrogens is 921 g/mol. The van der Waals surface area contributed by atoms with E-state index in [1.54, 1.807) is 0 Å². The Hall–Kier alpha value is -9.38. The van der Waals surface area contributed by atoms with Gasteiger partial charge in [0, 0.05) is 76.7 Å². The molecule has 15 aromatic rings. The zero-order chi connectivity index (χ0) is 50.3. The molecule has 0 atom stereocenters. The number of aromatic nitrogens is 2. The number of hydrogen-bond acceptors (Lipinski definition) is 2. The first kappa shape index (κ1) is 42.0. The van der Waals surface area contributed by atoms with E-state index in [9.17, 15) is 0 Å². The molecule has 0 aliphatic heterocycles. The van der Waals surface area contributed by atoms with Gasteiger partial charge >= 0.3 is 0 Å². The van der Waals surface area contributed by atoms with Gasteiger partial charge in [-0.3, -0.25) is 0 Å². The van der Waals surface area contributed by atoms with Crippen molar-refractivity contribution in [2.45, 2.75) is 38.5 Å². The fraction of sp³-hybridized carbons (Fsp3) is 0.0833. The maximum absolute atomic E-state index is 2.56. The van der Waals surface area contributed by atoms with Crippen LogP contribution in [0.2, 0.25) is 0 Å². The van der Waals surface area contributed by atoms with Gasteiger partial charge in [-0.1, -0.05) is 173 Å². The van der Waals surface area contributed by atoms with Crippen molar-refractivity contribution >= 4 is 110 Å². The quantitative estimate of drug-likeness (QED) is 0.165. The van der Waals surface area contributed by atoms with Gasteiger partial charge in [-0.2, -0.15) is 0 Å². The predicted molar refractivity (Wildman–Crippen MR) is 320 cm³/mol. The fourth-order valence-corrected chi connectivity index (χ4v) is 14.5. The molecule has 4 heterocycles. The summed E-state index contributed by atoms with van der Waals surface area (Å²) in [7, 11) is 0. The lowest BCUT2D eigenvalue weighted by molar-refractivity contribution is 0.660. The lowest BCUT2D eigenvalue weighted by Gasteiger charge is -2.28. The van der Waals surface area contributed by atoms with Crippen LogP contribution < -0.4 is 9.80 Å². The molecule has 358 valence electrons. The van der Waals surface area contributed by atoms with E-state index >= 15 is 0 Å². The predicted octanol–water partition coefficient (Wildman–Crippen LogP) is 19.5. The SMILES string of the molecule is CC1(C)c2ccccc2-c2cc(N(c3ccccc3)c3ccc4c5cc6c(cc5n5c7ccccc7c3c45)c3ccc(N(c4ccccc4)c4ccc5c(c4)-c4ccccc4C5(C)C)c4c5ccccc5n6c34)ccc21.